The number of nitrogens with one attached hydrogen (secondary N) is 1. The van der Waals surface area contributed by atoms with Gasteiger partial charge in [0.15, 0.2) is 0 Å². The molecule has 0 radical (unpaired) electrons. The Morgan fingerprint density at radius 2 is 2.18 bits per heavy atom. The predicted molar refractivity (Wildman–Crippen MR) is 66.4 cm³/mol. The summed E-state index contributed by atoms with van der Waals surface area (Å²) in [6.45, 7) is 1.26. The maximum atomic E-state index is 10.2. The molecule has 1 aliphatic rings. The van der Waals surface area contributed by atoms with Crippen molar-refractivity contribution < 1.29 is 12.6 Å². The van der Waals surface area contributed by atoms with Crippen LogP contribution in [0.1, 0.15) is 30.0 Å². The fourth-order valence-corrected chi connectivity index (χ4v) is 2.56. The normalized spacial score (nSPS) is 19.2. The monoisotopic (exact) mass is 255 g/mol. The van der Waals surface area contributed by atoms with Gasteiger partial charge in [0.2, 0.25) is 0 Å². The summed E-state index contributed by atoms with van der Waals surface area (Å²) in [5.74, 6) is 0. The summed E-state index contributed by atoms with van der Waals surface area (Å²) < 4.78 is 25.0. The molecular formula is C12H17NO3S. The lowest BCUT2D eigenvalue weighted by Gasteiger charge is -2.26. The Morgan fingerprint density at radius 1 is 1.35 bits per heavy atom. The van der Waals surface area contributed by atoms with Gasteiger partial charge in [0.05, 0.1) is 6.61 Å². The molecule has 4 nitrogen and oxygen atoms in total. The molecule has 1 N–H and O–H groups in total. The molecule has 94 valence electrons. The average molecular weight is 255 g/mol. The van der Waals surface area contributed by atoms with Crippen LogP contribution in [-0.4, -0.2) is 21.6 Å². The van der Waals surface area contributed by atoms with Gasteiger partial charge in [-0.1, -0.05) is 24.3 Å². The third kappa shape index (κ3) is 3.52. The largest absolute Gasteiger partial charge is 0.310 e. The molecule has 0 saturated heterocycles. The van der Waals surface area contributed by atoms with Crippen LogP contribution in [0.3, 0.4) is 0 Å². The van der Waals surface area contributed by atoms with E-state index in [2.05, 4.69) is 27.7 Å². The molecule has 0 bridgehead atoms. The van der Waals surface area contributed by atoms with Gasteiger partial charge in [0.25, 0.3) is 11.0 Å². The molecule has 1 unspecified atom stereocenters. The highest BCUT2D eigenvalue weighted by molar-refractivity contribution is 7.67. The highest BCUT2D eigenvalue weighted by atomic mass is 32.2. The summed E-state index contributed by atoms with van der Waals surface area (Å²) >= 11 is 0. The first kappa shape index (κ1) is 12.5. The van der Waals surface area contributed by atoms with Gasteiger partial charge >= 0.3 is 0 Å². The summed E-state index contributed by atoms with van der Waals surface area (Å²) in [5.41, 5.74) is 2.73. The lowest BCUT2D eigenvalue weighted by atomic mass is 9.92. The minimum Gasteiger partial charge on any atom is -0.310 e. The summed E-state index contributed by atoms with van der Waals surface area (Å²) in [6.07, 6.45) is 2.71. The fourth-order valence-electron chi connectivity index (χ4n) is 2.28. The lowest BCUT2D eigenvalue weighted by Crippen LogP contribution is -2.29. The molecular weight excluding hydrogens is 238 g/mol. The van der Waals surface area contributed by atoms with E-state index in [-0.39, 0.29) is 6.61 Å². The first-order valence-corrected chi connectivity index (χ1v) is 6.95. The van der Waals surface area contributed by atoms with Crippen molar-refractivity contribution in [1.82, 2.24) is 5.32 Å². The molecule has 5 heteroatoms. The number of hydrogen-bond acceptors (Lipinski definition) is 4. The second-order valence-electron chi connectivity index (χ2n) is 4.15. The van der Waals surface area contributed by atoms with Crippen LogP contribution >= 0.6 is 0 Å². The average Bonchev–Trinajstić information content (AvgIpc) is 2.34. The minimum absolute atomic E-state index is 0.277. The van der Waals surface area contributed by atoms with Gasteiger partial charge in [-0.25, -0.2) is 8.42 Å². The van der Waals surface area contributed by atoms with Crippen LogP contribution in [0.5, 0.6) is 0 Å². The van der Waals surface area contributed by atoms with Gasteiger partial charge in [0, 0.05) is 6.04 Å². The Kier molecular flexibility index (Phi) is 4.53. The fraction of sp³-hybridized carbons (Fsp3) is 0.500. The standard InChI is InChI=1S/C12H17NO3S/c14-17(15)16-9-3-6-12-11-5-2-1-4-10(11)7-8-13-12/h1-2,4-5,12-13,17H,3,6-9H2. The van der Waals surface area contributed by atoms with Crippen molar-refractivity contribution in [2.75, 3.05) is 13.2 Å². The topological polar surface area (TPSA) is 55.4 Å². The van der Waals surface area contributed by atoms with E-state index in [0.29, 0.717) is 6.04 Å². The smallest absolute Gasteiger partial charge is 0.257 e. The first-order valence-electron chi connectivity index (χ1n) is 5.86. The molecule has 0 spiro atoms. The number of benzene rings is 1. The molecule has 1 aromatic rings. The number of rotatable bonds is 5. The summed E-state index contributed by atoms with van der Waals surface area (Å²) in [7, 11) is -2.70. The zero-order valence-electron chi connectivity index (χ0n) is 9.59. The van der Waals surface area contributed by atoms with Crippen LogP contribution in [0.4, 0.5) is 0 Å². The van der Waals surface area contributed by atoms with Crippen molar-refractivity contribution in [2.24, 2.45) is 0 Å². The molecule has 0 amide bonds. The van der Waals surface area contributed by atoms with Crippen LogP contribution in [-0.2, 0) is 21.6 Å². The van der Waals surface area contributed by atoms with Gasteiger partial charge in [-0.2, -0.15) is 0 Å². The molecule has 0 aliphatic carbocycles. The van der Waals surface area contributed by atoms with E-state index in [0.717, 1.165) is 25.8 Å². The molecule has 1 atom stereocenters. The number of hydrogen-bond donors (Lipinski definition) is 2. The van der Waals surface area contributed by atoms with Gasteiger partial charge in [-0.15, -0.1) is 0 Å². The first-order chi connectivity index (χ1) is 8.27. The molecule has 0 fully saturated rings. The van der Waals surface area contributed by atoms with E-state index in [1.54, 1.807) is 0 Å². The van der Waals surface area contributed by atoms with Crippen LogP contribution in [0.2, 0.25) is 0 Å². The Hall–Kier alpha value is -0.910. The molecule has 0 saturated carbocycles. The van der Waals surface area contributed by atoms with Gasteiger partial charge in [-0.3, -0.25) is 4.18 Å². The highest BCUT2D eigenvalue weighted by Gasteiger charge is 2.18. The van der Waals surface area contributed by atoms with E-state index in [1.165, 1.54) is 11.1 Å². The van der Waals surface area contributed by atoms with Crippen molar-refractivity contribution in [3.8, 4) is 0 Å². The van der Waals surface area contributed by atoms with Gasteiger partial charge in [0.1, 0.15) is 0 Å². The van der Waals surface area contributed by atoms with Gasteiger partial charge < -0.3 is 5.32 Å². The van der Waals surface area contributed by atoms with Crippen molar-refractivity contribution in [3.63, 3.8) is 0 Å². The Balaban J connectivity index is 1.90. The number of fused-ring (bicyclic) bond motifs is 1. The molecule has 1 heterocycles. The third-order valence-corrected chi connectivity index (χ3v) is 3.44. The highest BCUT2D eigenvalue weighted by Crippen LogP contribution is 2.25. The molecule has 2 rings (SSSR count). The minimum atomic E-state index is -2.70. The van der Waals surface area contributed by atoms with E-state index in [4.69, 9.17) is 0 Å². The van der Waals surface area contributed by atoms with Crippen LogP contribution in [0.25, 0.3) is 0 Å². The molecule has 1 aliphatic heterocycles. The predicted octanol–water partition coefficient (Wildman–Crippen LogP) is 1.20. The molecule has 1 aromatic carbocycles. The quantitative estimate of drug-likeness (QED) is 0.613. The van der Waals surface area contributed by atoms with Gasteiger partial charge in [-0.05, 0) is 36.9 Å². The third-order valence-electron chi connectivity index (χ3n) is 3.05. The second kappa shape index (κ2) is 6.14. The molecule has 17 heavy (non-hydrogen) atoms. The van der Waals surface area contributed by atoms with Crippen molar-refractivity contribution in [1.29, 1.82) is 0 Å². The maximum absolute atomic E-state index is 10.2. The zero-order valence-corrected chi connectivity index (χ0v) is 10.5. The Labute approximate surface area is 103 Å². The Morgan fingerprint density at radius 3 is 3.00 bits per heavy atom. The van der Waals surface area contributed by atoms with Crippen LogP contribution in [0, 0.1) is 0 Å². The summed E-state index contributed by atoms with van der Waals surface area (Å²) in [4.78, 5) is 0. The summed E-state index contributed by atoms with van der Waals surface area (Å²) in [6, 6.07) is 8.74. The molecule has 0 aromatic heterocycles. The van der Waals surface area contributed by atoms with Crippen molar-refractivity contribution >= 4 is 11.0 Å². The van der Waals surface area contributed by atoms with E-state index in [1.807, 2.05) is 6.07 Å². The van der Waals surface area contributed by atoms with Crippen LogP contribution in [0.15, 0.2) is 24.3 Å². The lowest BCUT2D eigenvalue weighted by molar-refractivity contribution is 0.309. The van der Waals surface area contributed by atoms with Crippen molar-refractivity contribution in [3.05, 3.63) is 35.4 Å². The Bertz CT molecular complexity index is 437. The zero-order chi connectivity index (χ0) is 12.1. The van der Waals surface area contributed by atoms with Crippen molar-refractivity contribution in [2.45, 2.75) is 25.3 Å². The second-order valence-corrected chi connectivity index (χ2v) is 4.86. The maximum Gasteiger partial charge on any atom is 0.257 e. The van der Waals surface area contributed by atoms with E-state index < -0.39 is 11.0 Å². The summed E-state index contributed by atoms with van der Waals surface area (Å²) in [5, 5.41) is 3.46. The van der Waals surface area contributed by atoms with E-state index in [9.17, 15) is 8.42 Å². The van der Waals surface area contributed by atoms with E-state index >= 15 is 0 Å². The number of thiol groups is 1. The van der Waals surface area contributed by atoms with Crippen LogP contribution < -0.4 is 5.32 Å². The SMILES string of the molecule is O=[SH](=O)OCCCC1NCCc2ccccc21.